The van der Waals surface area contributed by atoms with Crippen LogP contribution in [0.1, 0.15) is 13.3 Å². The SMILES string of the molecule is COc1ccccc1OCC(=O)N1CC(C)CC(C(=O)O)C1. The van der Waals surface area contributed by atoms with Gasteiger partial charge in [0.05, 0.1) is 13.0 Å². The van der Waals surface area contributed by atoms with E-state index in [2.05, 4.69) is 0 Å². The van der Waals surface area contributed by atoms with E-state index in [1.165, 1.54) is 7.11 Å². The third-order valence-corrected chi connectivity index (χ3v) is 3.78. The summed E-state index contributed by atoms with van der Waals surface area (Å²) in [6.45, 7) is 2.64. The number of carboxylic acids is 1. The molecule has 1 saturated heterocycles. The predicted octanol–water partition coefficient (Wildman–Crippen LogP) is 1.64. The van der Waals surface area contributed by atoms with Crippen molar-refractivity contribution in [1.29, 1.82) is 0 Å². The largest absolute Gasteiger partial charge is 0.493 e. The first-order valence-electron chi connectivity index (χ1n) is 7.27. The summed E-state index contributed by atoms with van der Waals surface area (Å²) < 4.78 is 10.7. The van der Waals surface area contributed by atoms with Gasteiger partial charge in [-0.05, 0) is 24.5 Å². The summed E-state index contributed by atoms with van der Waals surface area (Å²) in [5.41, 5.74) is 0. The number of amides is 1. The fraction of sp³-hybridized carbons (Fsp3) is 0.500. The highest BCUT2D eigenvalue weighted by molar-refractivity contribution is 5.79. The first-order chi connectivity index (χ1) is 10.5. The van der Waals surface area contributed by atoms with Gasteiger partial charge in [0.1, 0.15) is 0 Å². The molecule has 1 aromatic rings. The Labute approximate surface area is 129 Å². The lowest BCUT2D eigenvalue weighted by molar-refractivity contribution is -0.147. The lowest BCUT2D eigenvalue weighted by Gasteiger charge is -2.34. The standard InChI is InChI=1S/C16H21NO5/c1-11-7-12(16(19)20)9-17(8-11)15(18)10-22-14-6-4-3-5-13(14)21-2/h3-6,11-12H,7-10H2,1-2H3,(H,19,20). The minimum absolute atomic E-state index is 0.126. The van der Waals surface area contributed by atoms with Gasteiger partial charge in [-0.1, -0.05) is 19.1 Å². The molecule has 6 heteroatoms. The number of hydrogen-bond acceptors (Lipinski definition) is 4. The third-order valence-electron chi connectivity index (χ3n) is 3.78. The number of carboxylic acid groups (broad SMARTS) is 1. The van der Waals surface area contributed by atoms with Gasteiger partial charge < -0.3 is 19.5 Å². The molecular formula is C16H21NO5. The van der Waals surface area contributed by atoms with E-state index in [1.54, 1.807) is 23.1 Å². The van der Waals surface area contributed by atoms with E-state index in [9.17, 15) is 9.59 Å². The first kappa shape index (κ1) is 16.1. The van der Waals surface area contributed by atoms with Crippen molar-refractivity contribution in [3.05, 3.63) is 24.3 Å². The number of ether oxygens (including phenoxy) is 2. The number of benzene rings is 1. The summed E-state index contributed by atoms with van der Waals surface area (Å²) in [7, 11) is 1.54. The van der Waals surface area contributed by atoms with Crippen LogP contribution in [-0.2, 0) is 9.59 Å². The zero-order chi connectivity index (χ0) is 16.1. The van der Waals surface area contributed by atoms with E-state index >= 15 is 0 Å². The highest BCUT2D eigenvalue weighted by atomic mass is 16.5. The van der Waals surface area contributed by atoms with Crippen molar-refractivity contribution in [3.63, 3.8) is 0 Å². The highest BCUT2D eigenvalue weighted by Crippen LogP contribution is 2.26. The number of para-hydroxylation sites is 2. The summed E-state index contributed by atoms with van der Waals surface area (Å²) in [6, 6.07) is 7.09. The molecule has 1 fully saturated rings. The van der Waals surface area contributed by atoms with Gasteiger partial charge >= 0.3 is 5.97 Å². The van der Waals surface area contributed by atoms with Crippen molar-refractivity contribution < 1.29 is 24.2 Å². The van der Waals surface area contributed by atoms with Gasteiger partial charge in [0.2, 0.25) is 0 Å². The summed E-state index contributed by atoms with van der Waals surface area (Å²) in [4.78, 5) is 25.0. The number of rotatable bonds is 5. The van der Waals surface area contributed by atoms with Crippen LogP contribution in [0, 0.1) is 11.8 Å². The molecule has 120 valence electrons. The Morgan fingerprint density at radius 1 is 1.27 bits per heavy atom. The van der Waals surface area contributed by atoms with Crippen LogP contribution in [0.25, 0.3) is 0 Å². The Balaban J connectivity index is 1.95. The van der Waals surface area contributed by atoms with Crippen molar-refractivity contribution in [2.75, 3.05) is 26.8 Å². The normalized spacial score (nSPS) is 21.3. The van der Waals surface area contributed by atoms with Gasteiger partial charge in [-0.25, -0.2) is 0 Å². The van der Waals surface area contributed by atoms with Crippen molar-refractivity contribution in [3.8, 4) is 11.5 Å². The average molecular weight is 307 g/mol. The number of carbonyl (C=O) groups is 2. The Bertz CT molecular complexity index is 545. The number of carbonyl (C=O) groups excluding carboxylic acids is 1. The van der Waals surface area contributed by atoms with Crippen molar-refractivity contribution >= 4 is 11.9 Å². The molecule has 0 aliphatic carbocycles. The molecule has 2 rings (SSSR count). The minimum atomic E-state index is -0.852. The van der Waals surface area contributed by atoms with Crippen LogP contribution in [0.3, 0.4) is 0 Å². The van der Waals surface area contributed by atoms with Crippen LogP contribution in [-0.4, -0.2) is 48.7 Å². The maximum atomic E-state index is 12.3. The van der Waals surface area contributed by atoms with Gasteiger partial charge in [0.25, 0.3) is 5.91 Å². The molecule has 1 aliphatic rings. The van der Waals surface area contributed by atoms with Crippen LogP contribution >= 0.6 is 0 Å². The molecule has 22 heavy (non-hydrogen) atoms. The Kier molecular flexibility index (Phi) is 5.25. The topological polar surface area (TPSA) is 76.1 Å². The molecule has 1 heterocycles. The van der Waals surface area contributed by atoms with Gasteiger partial charge in [-0.15, -0.1) is 0 Å². The molecule has 1 aliphatic heterocycles. The van der Waals surface area contributed by atoms with Crippen LogP contribution in [0.15, 0.2) is 24.3 Å². The Hall–Kier alpha value is -2.24. The minimum Gasteiger partial charge on any atom is -0.493 e. The maximum absolute atomic E-state index is 12.3. The number of aliphatic carboxylic acids is 1. The van der Waals surface area contributed by atoms with E-state index in [0.29, 0.717) is 24.5 Å². The fourth-order valence-corrected chi connectivity index (χ4v) is 2.70. The maximum Gasteiger partial charge on any atom is 0.308 e. The molecule has 6 nitrogen and oxygen atoms in total. The molecule has 2 atom stereocenters. The smallest absolute Gasteiger partial charge is 0.308 e. The summed E-state index contributed by atoms with van der Waals surface area (Å²) in [6.07, 6.45) is 0.604. The van der Waals surface area contributed by atoms with Crippen LogP contribution in [0.2, 0.25) is 0 Å². The second-order valence-corrected chi connectivity index (χ2v) is 5.61. The molecule has 2 unspecified atom stereocenters. The number of likely N-dealkylation sites (tertiary alicyclic amines) is 1. The van der Waals surface area contributed by atoms with Crippen LogP contribution in [0.5, 0.6) is 11.5 Å². The quantitative estimate of drug-likeness (QED) is 0.895. The van der Waals surface area contributed by atoms with Crippen LogP contribution < -0.4 is 9.47 Å². The van der Waals surface area contributed by atoms with Gasteiger partial charge in [-0.2, -0.15) is 0 Å². The lowest BCUT2D eigenvalue weighted by atomic mass is 9.90. The zero-order valence-electron chi connectivity index (χ0n) is 12.8. The molecule has 0 spiro atoms. The molecule has 0 bridgehead atoms. The predicted molar refractivity (Wildman–Crippen MR) is 80.0 cm³/mol. The molecular weight excluding hydrogens is 286 g/mol. The van der Waals surface area contributed by atoms with Crippen molar-refractivity contribution in [1.82, 2.24) is 4.90 Å². The van der Waals surface area contributed by atoms with Gasteiger partial charge in [-0.3, -0.25) is 9.59 Å². The monoisotopic (exact) mass is 307 g/mol. The Morgan fingerprint density at radius 3 is 2.59 bits per heavy atom. The number of nitrogens with zero attached hydrogens (tertiary/aromatic N) is 1. The third kappa shape index (κ3) is 3.90. The van der Waals surface area contributed by atoms with E-state index in [0.717, 1.165) is 0 Å². The Morgan fingerprint density at radius 2 is 1.95 bits per heavy atom. The van der Waals surface area contributed by atoms with Gasteiger partial charge in [0.15, 0.2) is 18.1 Å². The van der Waals surface area contributed by atoms with E-state index in [-0.39, 0.29) is 25.0 Å². The molecule has 1 amide bonds. The number of methoxy groups -OCH3 is 1. The molecule has 1 aromatic carbocycles. The zero-order valence-corrected chi connectivity index (χ0v) is 12.8. The van der Waals surface area contributed by atoms with Crippen LogP contribution in [0.4, 0.5) is 0 Å². The fourth-order valence-electron chi connectivity index (χ4n) is 2.70. The van der Waals surface area contributed by atoms with Crippen molar-refractivity contribution in [2.24, 2.45) is 11.8 Å². The van der Waals surface area contributed by atoms with E-state index < -0.39 is 11.9 Å². The van der Waals surface area contributed by atoms with Crippen molar-refractivity contribution in [2.45, 2.75) is 13.3 Å². The first-order valence-corrected chi connectivity index (χ1v) is 7.27. The highest BCUT2D eigenvalue weighted by Gasteiger charge is 2.31. The second kappa shape index (κ2) is 7.15. The molecule has 0 saturated carbocycles. The van der Waals surface area contributed by atoms with Gasteiger partial charge in [0, 0.05) is 13.1 Å². The molecule has 0 aromatic heterocycles. The number of hydrogen-bond donors (Lipinski definition) is 1. The van der Waals surface area contributed by atoms with E-state index in [1.807, 2.05) is 13.0 Å². The second-order valence-electron chi connectivity index (χ2n) is 5.61. The summed E-state index contributed by atoms with van der Waals surface area (Å²) >= 11 is 0. The molecule has 1 N–H and O–H groups in total. The molecule has 0 radical (unpaired) electrons. The average Bonchev–Trinajstić information content (AvgIpc) is 2.52. The van der Waals surface area contributed by atoms with E-state index in [4.69, 9.17) is 14.6 Å². The summed E-state index contributed by atoms with van der Waals surface area (Å²) in [5.74, 6) is -0.327. The lowest BCUT2D eigenvalue weighted by Crippen LogP contribution is -2.47. The number of piperidine rings is 1. The summed E-state index contributed by atoms with van der Waals surface area (Å²) in [5, 5.41) is 9.15.